The Morgan fingerprint density at radius 1 is 0.889 bits per heavy atom. The minimum atomic E-state index is -1.51. The van der Waals surface area contributed by atoms with E-state index in [0.29, 0.717) is 22.3 Å². The molecular formula is C16H14O2. The van der Waals surface area contributed by atoms with Crippen LogP contribution in [0.5, 0.6) is 0 Å². The maximum absolute atomic E-state index is 10.6. The highest BCUT2D eigenvalue weighted by Gasteiger charge is 2.46. The minimum absolute atomic E-state index is 0.469. The number of hydrogen-bond donors (Lipinski definition) is 2. The van der Waals surface area contributed by atoms with Crippen LogP contribution in [-0.2, 0) is 11.2 Å². The Morgan fingerprint density at radius 2 is 1.22 bits per heavy atom. The third-order valence-electron chi connectivity index (χ3n) is 3.77. The van der Waals surface area contributed by atoms with Crippen LogP contribution in [0.4, 0.5) is 0 Å². The molecule has 1 aliphatic rings. The zero-order chi connectivity index (χ0) is 13.6. The van der Waals surface area contributed by atoms with Crippen molar-refractivity contribution in [2.45, 2.75) is 25.0 Å². The molecule has 2 rings (SSSR count). The van der Waals surface area contributed by atoms with E-state index in [9.17, 15) is 10.2 Å². The number of rotatable bonds is 0. The van der Waals surface area contributed by atoms with Crippen LogP contribution in [0.15, 0.2) is 35.4 Å². The summed E-state index contributed by atoms with van der Waals surface area (Å²) >= 11 is 0. The summed E-state index contributed by atoms with van der Waals surface area (Å²) in [6, 6.07) is 6.89. The van der Waals surface area contributed by atoms with E-state index in [1.807, 2.05) is 0 Å². The Morgan fingerprint density at radius 3 is 1.50 bits per heavy atom. The highest BCUT2D eigenvalue weighted by atomic mass is 16.3. The molecule has 0 fully saturated rings. The van der Waals surface area contributed by atoms with Crippen molar-refractivity contribution in [3.63, 3.8) is 0 Å². The highest BCUT2D eigenvalue weighted by molar-refractivity contribution is 5.59. The Balaban J connectivity index is 2.92. The number of aliphatic hydroxyl groups is 2. The molecule has 2 heteroatoms. The molecule has 2 N–H and O–H groups in total. The van der Waals surface area contributed by atoms with Crippen molar-refractivity contribution in [1.29, 1.82) is 0 Å². The van der Waals surface area contributed by atoms with Crippen LogP contribution in [0, 0.1) is 24.7 Å². The van der Waals surface area contributed by atoms with Crippen molar-refractivity contribution in [1.82, 2.24) is 0 Å². The van der Waals surface area contributed by atoms with E-state index in [4.69, 9.17) is 12.8 Å². The van der Waals surface area contributed by atoms with E-state index in [1.54, 1.807) is 38.1 Å². The predicted molar refractivity (Wildman–Crippen MR) is 70.3 cm³/mol. The Bertz CT molecular complexity index is 572. The molecule has 0 saturated heterocycles. The average Bonchev–Trinajstić information content (AvgIpc) is 2.42. The number of terminal acetylenes is 2. The molecule has 0 aromatic heterocycles. The van der Waals surface area contributed by atoms with Gasteiger partial charge in [-0.05, 0) is 25.0 Å². The molecule has 1 aromatic carbocycles. The number of benzene rings is 1. The molecule has 0 bridgehead atoms. The lowest BCUT2D eigenvalue weighted by molar-refractivity contribution is 0.0904. The smallest absolute Gasteiger partial charge is 0.173 e. The van der Waals surface area contributed by atoms with Crippen LogP contribution in [0.25, 0.3) is 0 Å². The first-order valence-electron chi connectivity index (χ1n) is 5.60. The molecule has 0 unspecified atom stereocenters. The molecule has 0 spiro atoms. The molecule has 2 nitrogen and oxygen atoms in total. The molecule has 0 saturated carbocycles. The summed E-state index contributed by atoms with van der Waals surface area (Å²) in [5, 5.41) is 21.3. The molecule has 1 aromatic rings. The molecule has 2 atom stereocenters. The maximum Gasteiger partial charge on any atom is 0.173 e. The summed E-state index contributed by atoms with van der Waals surface area (Å²) < 4.78 is 0. The molecule has 90 valence electrons. The van der Waals surface area contributed by atoms with Crippen LogP contribution in [-0.4, -0.2) is 10.2 Å². The molecule has 0 aliphatic heterocycles. The van der Waals surface area contributed by atoms with Crippen molar-refractivity contribution >= 4 is 0 Å². The summed E-state index contributed by atoms with van der Waals surface area (Å²) in [4.78, 5) is 0. The van der Waals surface area contributed by atoms with E-state index in [2.05, 4.69) is 11.8 Å². The van der Waals surface area contributed by atoms with Gasteiger partial charge in [0.15, 0.2) is 11.2 Å². The van der Waals surface area contributed by atoms with Gasteiger partial charge in [0.2, 0.25) is 0 Å². The lowest BCUT2D eigenvalue weighted by Crippen LogP contribution is -2.40. The van der Waals surface area contributed by atoms with Gasteiger partial charge in [0.05, 0.1) is 0 Å². The fourth-order valence-electron chi connectivity index (χ4n) is 2.43. The quantitative estimate of drug-likeness (QED) is 0.533. The van der Waals surface area contributed by atoms with Crippen LogP contribution in [0.2, 0.25) is 0 Å². The predicted octanol–water partition coefficient (Wildman–Crippen LogP) is 1.68. The number of fused-ring (bicyclic) bond motifs is 1. The zero-order valence-corrected chi connectivity index (χ0v) is 10.4. The molecular weight excluding hydrogens is 224 g/mol. The topological polar surface area (TPSA) is 40.5 Å². The third-order valence-corrected chi connectivity index (χ3v) is 3.77. The summed E-state index contributed by atoms with van der Waals surface area (Å²) in [7, 11) is 0. The zero-order valence-electron chi connectivity index (χ0n) is 10.4. The van der Waals surface area contributed by atoms with Crippen LogP contribution >= 0.6 is 0 Å². The Hall–Kier alpha value is -2.00. The number of hydrogen-bond acceptors (Lipinski definition) is 2. The third kappa shape index (κ3) is 1.28. The maximum atomic E-state index is 10.6. The summed E-state index contributed by atoms with van der Waals surface area (Å²) in [6.45, 7) is 3.38. The first kappa shape index (κ1) is 12.5. The largest absolute Gasteiger partial charge is 0.370 e. The normalized spacial score (nSPS) is 30.3. The first-order valence-corrected chi connectivity index (χ1v) is 5.60. The lowest BCUT2D eigenvalue weighted by Gasteiger charge is -2.39. The van der Waals surface area contributed by atoms with E-state index in [1.165, 1.54) is 0 Å². The van der Waals surface area contributed by atoms with Crippen LogP contribution in [0.1, 0.15) is 25.0 Å². The Labute approximate surface area is 107 Å². The van der Waals surface area contributed by atoms with Gasteiger partial charge in [-0.1, -0.05) is 36.1 Å². The summed E-state index contributed by atoms with van der Waals surface area (Å²) in [5.41, 5.74) is -1.08. The van der Waals surface area contributed by atoms with Crippen LogP contribution < -0.4 is 0 Å². The van der Waals surface area contributed by atoms with Gasteiger partial charge >= 0.3 is 0 Å². The van der Waals surface area contributed by atoms with Gasteiger partial charge in [-0.25, -0.2) is 0 Å². The average molecular weight is 238 g/mol. The van der Waals surface area contributed by atoms with Crippen molar-refractivity contribution in [3.05, 3.63) is 46.5 Å². The summed E-state index contributed by atoms with van der Waals surface area (Å²) in [5.74, 6) is 4.79. The van der Waals surface area contributed by atoms with Gasteiger partial charge in [0.25, 0.3) is 0 Å². The summed E-state index contributed by atoms with van der Waals surface area (Å²) in [6.07, 6.45) is 10.9. The van der Waals surface area contributed by atoms with E-state index in [-0.39, 0.29) is 0 Å². The van der Waals surface area contributed by atoms with Gasteiger partial charge in [-0.3, -0.25) is 0 Å². The highest BCUT2D eigenvalue weighted by Crippen LogP contribution is 2.46. The van der Waals surface area contributed by atoms with E-state index >= 15 is 0 Å². The van der Waals surface area contributed by atoms with Crippen molar-refractivity contribution in [2.75, 3.05) is 0 Å². The van der Waals surface area contributed by atoms with Crippen molar-refractivity contribution in [3.8, 4) is 24.7 Å². The van der Waals surface area contributed by atoms with Crippen LogP contribution in [0.3, 0.4) is 0 Å². The standard InChI is InChI=1S/C16H14O2/c1-5-15(17)11(3)12(4)16(18,6-2)14-10-8-7-9-13(14)15/h1-2,7-10,17-18H,3-4H3/t15-,16-/m0/s1. The fourth-order valence-corrected chi connectivity index (χ4v) is 2.43. The van der Waals surface area contributed by atoms with Crippen molar-refractivity contribution < 1.29 is 10.2 Å². The first-order chi connectivity index (χ1) is 8.41. The molecule has 0 heterocycles. The molecule has 18 heavy (non-hydrogen) atoms. The van der Waals surface area contributed by atoms with Gasteiger partial charge in [-0.2, -0.15) is 0 Å². The van der Waals surface area contributed by atoms with Gasteiger partial charge in [0, 0.05) is 11.1 Å². The van der Waals surface area contributed by atoms with Gasteiger partial charge in [0.1, 0.15) is 0 Å². The van der Waals surface area contributed by atoms with Gasteiger partial charge in [-0.15, -0.1) is 12.8 Å². The van der Waals surface area contributed by atoms with Gasteiger partial charge < -0.3 is 10.2 Å². The second-order valence-corrected chi connectivity index (χ2v) is 4.51. The SMILES string of the molecule is C#C[C@]1(O)C(C)=C(C)[C@@](O)(C#C)c2ccccc21. The minimum Gasteiger partial charge on any atom is -0.370 e. The lowest BCUT2D eigenvalue weighted by atomic mass is 9.69. The second-order valence-electron chi connectivity index (χ2n) is 4.51. The fraction of sp³-hybridized carbons (Fsp3) is 0.250. The molecule has 1 aliphatic carbocycles. The second kappa shape index (κ2) is 3.75. The van der Waals surface area contributed by atoms with Crippen molar-refractivity contribution in [2.24, 2.45) is 0 Å². The molecule has 0 amide bonds. The Kier molecular flexibility index (Phi) is 2.60. The molecule has 0 radical (unpaired) electrons. The monoisotopic (exact) mass is 238 g/mol. The van der Waals surface area contributed by atoms with E-state index in [0.717, 1.165) is 0 Å². The van der Waals surface area contributed by atoms with E-state index < -0.39 is 11.2 Å².